The number of aryl methyl sites for hydroxylation is 1. The van der Waals surface area contributed by atoms with E-state index in [1.54, 1.807) is 0 Å². The minimum atomic E-state index is -4.47. The summed E-state index contributed by atoms with van der Waals surface area (Å²) in [5.74, 6) is 0. The maximum Gasteiger partial charge on any atom is 0.416 e. The zero-order chi connectivity index (χ0) is 14.8. The average molecular weight is 365 g/mol. The SMILES string of the molecule is OC(CCc1cccs1)c1ccc(Br)cc1C(F)(F)F. The van der Waals surface area contributed by atoms with E-state index in [2.05, 4.69) is 15.9 Å². The second-order valence-electron chi connectivity index (χ2n) is 4.36. The van der Waals surface area contributed by atoms with E-state index in [-0.39, 0.29) is 12.0 Å². The van der Waals surface area contributed by atoms with E-state index < -0.39 is 17.8 Å². The molecule has 2 aromatic rings. The van der Waals surface area contributed by atoms with Gasteiger partial charge in [-0.15, -0.1) is 11.3 Å². The van der Waals surface area contributed by atoms with Gasteiger partial charge in [-0.25, -0.2) is 0 Å². The Morgan fingerprint density at radius 2 is 2.00 bits per heavy atom. The molecule has 1 N–H and O–H groups in total. The van der Waals surface area contributed by atoms with Gasteiger partial charge in [-0.2, -0.15) is 13.2 Å². The average Bonchev–Trinajstić information content (AvgIpc) is 2.88. The van der Waals surface area contributed by atoms with Gasteiger partial charge in [0.05, 0.1) is 11.7 Å². The topological polar surface area (TPSA) is 20.2 Å². The van der Waals surface area contributed by atoms with Crippen molar-refractivity contribution in [3.05, 3.63) is 56.2 Å². The lowest BCUT2D eigenvalue weighted by Crippen LogP contribution is -2.12. The van der Waals surface area contributed by atoms with Crippen molar-refractivity contribution in [3.8, 4) is 0 Å². The summed E-state index contributed by atoms with van der Waals surface area (Å²) in [5.41, 5.74) is -0.859. The van der Waals surface area contributed by atoms with Crippen LogP contribution in [0.5, 0.6) is 0 Å². The second kappa shape index (κ2) is 6.28. The number of rotatable bonds is 4. The van der Waals surface area contributed by atoms with Crippen molar-refractivity contribution in [1.82, 2.24) is 0 Å². The molecule has 1 atom stereocenters. The zero-order valence-electron chi connectivity index (χ0n) is 10.3. The number of aliphatic hydroxyl groups excluding tert-OH is 1. The minimum absolute atomic E-state index is 0.0720. The van der Waals surface area contributed by atoms with Gasteiger partial charge in [0.15, 0.2) is 0 Å². The molecular formula is C14H12BrF3OS. The number of hydrogen-bond acceptors (Lipinski definition) is 2. The number of halogens is 4. The molecule has 0 saturated carbocycles. The molecule has 1 aromatic carbocycles. The Morgan fingerprint density at radius 1 is 1.25 bits per heavy atom. The Bertz CT molecular complexity index is 566. The van der Waals surface area contributed by atoms with Gasteiger partial charge in [-0.05, 0) is 42.0 Å². The van der Waals surface area contributed by atoms with Gasteiger partial charge in [0.1, 0.15) is 0 Å². The van der Waals surface area contributed by atoms with Crippen LogP contribution in [0.4, 0.5) is 13.2 Å². The minimum Gasteiger partial charge on any atom is -0.388 e. The number of alkyl halides is 3. The maximum atomic E-state index is 13.0. The molecule has 0 bridgehead atoms. The van der Waals surface area contributed by atoms with E-state index in [9.17, 15) is 18.3 Å². The van der Waals surface area contributed by atoms with Crippen LogP contribution in [-0.4, -0.2) is 5.11 Å². The molecule has 0 radical (unpaired) electrons. The van der Waals surface area contributed by atoms with Crippen LogP contribution in [0, 0.1) is 0 Å². The molecule has 0 aliphatic rings. The highest BCUT2D eigenvalue weighted by Gasteiger charge is 2.35. The molecule has 0 aliphatic carbocycles. The Labute approximate surface area is 127 Å². The standard InChI is InChI=1S/C14H12BrF3OS/c15-9-3-5-11(12(8-9)14(16,17)18)13(19)6-4-10-2-1-7-20-10/h1-3,5,7-8,13,19H,4,6H2. The van der Waals surface area contributed by atoms with Crippen LogP contribution in [0.25, 0.3) is 0 Å². The van der Waals surface area contributed by atoms with Crippen molar-refractivity contribution in [2.24, 2.45) is 0 Å². The van der Waals surface area contributed by atoms with Gasteiger partial charge in [-0.1, -0.05) is 28.1 Å². The normalized spacial score (nSPS) is 13.4. The predicted octanol–water partition coefficient (Wildman–Crippen LogP) is 5.20. The molecule has 0 amide bonds. The fourth-order valence-corrected chi connectivity index (χ4v) is 3.04. The first-order valence-electron chi connectivity index (χ1n) is 5.95. The van der Waals surface area contributed by atoms with E-state index in [1.807, 2.05) is 17.5 Å². The third-order valence-corrected chi connectivity index (χ3v) is 4.35. The predicted molar refractivity (Wildman–Crippen MR) is 76.7 cm³/mol. The number of hydrogen-bond donors (Lipinski definition) is 1. The van der Waals surface area contributed by atoms with E-state index in [4.69, 9.17) is 0 Å². The van der Waals surface area contributed by atoms with Gasteiger partial charge in [0.2, 0.25) is 0 Å². The van der Waals surface area contributed by atoms with Crippen LogP contribution in [-0.2, 0) is 12.6 Å². The molecular weight excluding hydrogens is 353 g/mol. The maximum absolute atomic E-state index is 13.0. The second-order valence-corrected chi connectivity index (χ2v) is 6.31. The summed E-state index contributed by atoms with van der Waals surface area (Å²) in [4.78, 5) is 1.05. The van der Waals surface area contributed by atoms with Crippen molar-refractivity contribution in [2.45, 2.75) is 25.1 Å². The molecule has 0 fully saturated rings. The molecule has 1 nitrogen and oxygen atoms in total. The summed E-state index contributed by atoms with van der Waals surface area (Å²) in [6, 6.07) is 7.63. The van der Waals surface area contributed by atoms with Gasteiger partial charge in [0.25, 0.3) is 0 Å². The van der Waals surface area contributed by atoms with Crippen LogP contribution < -0.4 is 0 Å². The van der Waals surface area contributed by atoms with Gasteiger partial charge in [0, 0.05) is 9.35 Å². The largest absolute Gasteiger partial charge is 0.416 e. The summed E-state index contributed by atoms with van der Waals surface area (Å²) in [5, 5.41) is 11.9. The van der Waals surface area contributed by atoms with Crippen molar-refractivity contribution in [3.63, 3.8) is 0 Å². The summed E-state index contributed by atoms with van der Waals surface area (Å²) in [6.45, 7) is 0. The summed E-state index contributed by atoms with van der Waals surface area (Å²) < 4.78 is 39.3. The Hall–Kier alpha value is -0.850. The lowest BCUT2D eigenvalue weighted by Gasteiger charge is -2.17. The molecule has 0 saturated heterocycles. The highest BCUT2D eigenvalue weighted by molar-refractivity contribution is 9.10. The summed E-state index contributed by atoms with van der Waals surface area (Å²) in [7, 11) is 0. The molecule has 1 aromatic heterocycles. The number of thiophene rings is 1. The first-order chi connectivity index (χ1) is 9.38. The molecule has 20 heavy (non-hydrogen) atoms. The number of benzene rings is 1. The third kappa shape index (κ3) is 3.84. The molecule has 108 valence electrons. The molecule has 6 heteroatoms. The lowest BCUT2D eigenvalue weighted by atomic mass is 9.98. The molecule has 0 spiro atoms. The van der Waals surface area contributed by atoms with Crippen LogP contribution in [0.3, 0.4) is 0 Å². The van der Waals surface area contributed by atoms with Crippen molar-refractivity contribution >= 4 is 27.3 Å². The quantitative estimate of drug-likeness (QED) is 0.790. The van der Waals surface area contributed by atoms with E-state index >= 15 is 0 Å². The molecule has 1 heterocycles. The Balaban J connectivity index is 2.18. The van der Waals surface area contributed by atoms with E-state index in [0.717, 1.165) is 10.9 Å². The van der Waals surface area contributed by atoms with Crippen molar-refractivity contribution in [1.29, 1.82) is 0 Å². The van der Waals surface area contributed by atoms with E-state index in [1.165, 1.54) is 23.5 Å². The third-order valence-electron chi connectivity index (χ3n) is 2.92. The van der Waals surface area contributed by atoms with Crippen LogP contribution in [0.2, 0.25) is 0 Å². The fourth-order valence-electron chi connectivity index (χ4n) is 1.95. The Morgan fingerprint density at radius 3 is 2.60 bits per heavy atom. The number of aliphatic hydroxyl groups is 1. The molecule has 2 rings (SSSR count). The van der Waals surface area contributed by atoms with Gasteiger partial charge >= 0.3 is 6.18 Å². The monoisotopic (exact) mass is 364 g/mol. The van der Waals surface area contributed by atoms with Crippen LogP contribution in [0.1, 0.15) is 28.5 Å². The van der Waals surface area contributed by atoms with Crippen LogP contribution in [0.15, 0.2) is 40.2 Å². The van der Waals surface area contributed by atoms with Gasteiger partial charge in [-0.3, -0.25) is 0 Å². The first-order valence-corrected chi connectivity index (χ1v) is 7.62. The molecule has 0 aliphatic heterocycles. The van der Waals surface area contributed by atoms with Gasteiger partial charge < -0.3 is 5.11 Å². The van der Waals surface area contributed by atoms with E-state index in [0.29, 0.717) is 10.9 Å². The lowest BCUT2D eigenvalue weighted by molar-refractivity contribution is -0.139. The molecule has 1 unspecified atom stereocenters. The fraction of sp³-hybridized carbons (Fsp3) is 0.286. The Kier molecular flexibility index (Phi) is 4.88. The zero-order valence-corrected chi connectivity index (χ0v) is 12.7. The van der Waals surface area contributed by atoms with Crippen molar-refractivity contribution < 1.29 is 18.3 Å². The van der Waals surface area contributed by atoms with Crippen molar-refractivity contribution in [2.75, 3.05) is 0 Å². The first kappa shape index (κ1) is 15.5. The summed E-state index contributed by atoms with van der Waals surface area (Å²) in [6.07, 6.45) is -4.76. The smallest absolute Gasteiger partial charge is 0.388 e. The highest BCUT2D eigenvalue weighted by Crippen LogP contribution is 2.37. The summed E-state index contributed by atoms with van der Waals surface area (Å²) >= 11 is 4.56. The highest BCUT2D eigenvalue weighted by atomic mass is 79.9. The van der Waals surface area contributed by atoms with Crippen LogP contribution >= 0.6 is 27.3 Å².